The molecular weight excluding hydrogens is 412 g/mol. The molecule has 158 valence electrons. The van der Waals surface area contributed by atoms with Crippen LogP contribution in [-0.2, 0) is 20.0 Å². The lowest BCUT2D eigenvalue weighted by Gasteiger charge is -2.26. The van der Waals surface area contributed by atoms with Gasteiger partial charge in [-0.2, -0.15) is 4.31 Å². The van der Waals surface area contributed by atoms with Crippen LogP contribution in [0.25, 0.3) is 0 Å². The van der Waals surface area contributed by atoms with Crippen molar-refractivity contribution in [2.75, 3.05) is 26.2 Å². The first kappa shape index (κ1) is 23.1. The van der Waals surface area contributed by atoms with E-state index in [1.165, 1.54) is 24.3 Å². The maximum Gasteiger partial charge on any atom is 0.263 e. The van der Waals surface area contributed by atoms with Crippen molar-refractivity contribution in [3.05, 3.63) is 72.4 Å². The summed E-state index contributed by atoms with van der Waals surface area (Å²) in [7, 11) is -7.75. The van der Waals surface area contributed by atoms with E-state index in [1.807, 2.05) is 13.8 Å². The molecule has 0 heterocycles. The quantitative estimate of drug-likeness (QED) is 0.613. The van der Waals surface area contributed by atoms with E-state index in [0.29, 0.717) is 0 Å². The highest BCUT2D eigenvalue weighted by Gasteiger charge is 2.27. The summed E-state index contributed by atoms with van der Waals surface area (Å²) in [6.45, 7) is 6.46. The number of aryl methyl sites for hydroxylation is 2. The minimum atomic E-state index is -3.88. The molecule has 0 aromatic heterocycles. The fraction of sp³-hybridized carbons (Fsp3) is 0.300. The Kier molecular flexibility index (Phi) is 7.59. The molecule has 0 aliphatic rings. The molecule has 0 saturated heterocycles. The number of sulfonamides is 2. The minimum absolute atomic E-state index is 0.0862. The van der Waals surface area contributed by atoms with E-state index in [2.05, 4.69) is 6.58 Å². The van der Waals surface area contributed by atoms with Crippen molar-refractivity contribution in [3.63, 3.8) is 0 Å². The molecule has 7 nitrogen and oxygen atoms in total. The van der Waals surface area contributed by atoms with Crippen molar-refractivity contribution in [1.29, 1.82) is 0 Å². The van der Waals surface area contributed by atoms with Crippen LogP contribution in [0.1, 0.15) is 11.1 Å². The maximum atomic E-state index is 12.9. The van der Waals surface area contributed by atoms with Gasteiger partial charge in [0, 0.05) is 25.8 Å². The topological polar surface area (TPSA) is 95.0 Å². The maximum absolute atomic E-state index is 12.9. The summed E-state index contributed by atoms with van der Waals surface area (Å²) in [4.78, 5) is 0.182. The van der Waals surface area contributed by atoms with E-state index in [4.69, 9.17) is 0 Å². The lowest BCUT2D eigenvalue weighted by atomic mass is 10.2. The molecule has 0 aliphatic heterocycles. The van der Waals surface area contributed by atoms with Gasteiger partial charge in [-0.15, -0.1) is 0 Å². The molecule has 2 aromatic rings. The molecule has 2 aromatic carbocycles. The molecule has 2 rings (SSSR count). The highest BCUT2D eigenvalue weighted by molar-refractivity contribution is 7.89. The van der Waals surface area contributed by atoms with Crippen molar-refractivity contribution in [2.45, 2.75) is 23.6 Å². The second-order valence-electron chi connectivity index (χ2n) is 6.55. The first-order valence-corrected chi connectivity index (χ1v) is 11.9. The number of hydrogen-bond acceptors (Lipinski definition) is 5. The Balaban J connectivity index is 2.24. The summed E-state index contributed by atoms with van der Waals surface area (Å²) in [6, 6.07) is 12.7. The van der Waals surface area contributed by atoms with Gasteiger partial charge in [0.25, 0.3) is 10.0 Å². The monoisotopic (exact) mass is 438 g/mol. The van der Waals surface area contributed by atoms with Crippen LogP contribution < -0.4 is 0 Å². The zero-order valence-corrected chi connectivity index (χ0v) is 18.2. The van der Waals surface area contributed by atoms with Gasteiger partial charge in [0.05, 0.1) is 16.4 Å². The van der Waals surface area contributed by atoms with Crippen LogP contribution in [0.4, 0.5) is 0 Å². The Morgan fingerprint density at radius 3 is 1.66 bits per heavy atom. The summed E-state index contributed by atoms with van der Waals surface area (Å²) in [5, 5.41) is 9.32. The second-order valence-corrected chi connectivity index (χ2v) is 10.4. The van der Waals surface area contributed by atoms with Crippen LogP contribution in [-0.4, -0.2) is 56.8 Å². The Morgan fingerprint density at radius 1 is 0.793 bits per heavy atom. The number of nitrogens with zero attached hydrogens (tertiary/aromatic N) is 2. The van der Waals surface area contributed by atoms with Gasteiger partial charge in [-0.05, 0) is 38.1 Å². The lowest BCUT2D eigenvalue weighted by molar-refractivity contribution is 0.250. The molecule has 0 bridgehead atoms. The largest absolute Gasteiger partial charge is 0.395 e. The third kappa shape index (κ3) is 5.45. The van der Waals surface area contributed by atoms with Crippen molar-refractivity contribution in [2.24, 2.45) is 0 Å². The molecule has 0 spiro atoms. The third-order valence-electron chi connectivity index (χ3n) is 4.41. The van der Waals surface area contributed by atoms with E-state index in [1.54, 1.807) is 24.3 Å². The summed E-state index contributed by atoms with van der Waals surface area (Å²) >= 11 is 0. The molecular formula is C20H26N2O5S2. The molecule has 0 fully saturated rings. The SMILES string of the molecule is C=CN(CCN(CCO)S(=O)(=O)c1ccc(C)cc1)S(=O)(=O)c1ccc(C)cc1. The number of hydrogen-bond donors (Lipinski definition) is 1. The minimum Gasteiger partial charge on any atom is -0.395 e. The van der Waals surface area contributed by atoms with Crippen LogP contribution >= 0.6 is 0 Å². The number of benzene rings is 2. The average Bonchev–Trinajstić information content (AvgIpc) is 2.68. The smallest absolute Gasteiger partial charge is 0.263 e. The van der Waals surface area contributed by atoms with Crippen LogP contribution in [0.2, 0.25) is 0 Å². The molecule has 0 saturated carbocycles. The van der Waals surface area contributed by atoms with Gasteiger partial charge in [0.2, 0.25) is 10.0 Å². The summed E-state index contributed by atoms with van der Waals surface area (Å²) in [5.74, 6) is 0. The van der Waals surface area contributed by atoms with Crippen molar-refractivity contribution in [3.8, 4) is 0 Å². The fourth-order valence-electron chi connectivity index (χ4n) is 2.69. The fourth-order valence-corrected chi connectivity index (χ4v) is 5.38. The predicted octanol–water partition coefficient (Wildman–Crippen LogP) is 2.12. The molecule has 0 amide bonds. The Labute approximate surface area is 173 Å². The van der Waals surface area contributed by atoms with Crippen LogP contribution in [0.5, 0.6) is 0 Å². The zero-order valence-electron chi connectivity index (χ0n) is 16.5. The van der Waals surface area contributed by atoms with Crippen molar-refractivity contribution < 1.29 is 21.9 Å². The van der Waals surface area contributed by atoms with E-state index in [-0.39, 0.29) is 36.0 Å². The highest BCUT2D eigenvalue weighted by atomic mass is 32.2. The Morgan fingerprint density at radius 2 is 1.24 bits per heavy atom. The third-order valence-corrected chi connectivity index (χ3v) is 8.14. The normalized spacial score (nSPS) is 12.1. The van der Waals surface area contributed by atoms with Crippen LogP contribution in [0.15, 0.2) is 71.1 Å². The van der Waals surface area contributed by atoms with Gasteiger partial charge >= 0.3 is 0 Å². The average molecular weight is 439 g/mol. The highest BCUT2D eigenvalue weighted by Crippen LogP contribution is 2.19. The second kappa shape index (κ2) is 9.53. The van der Waals surface area contributed by atoms with E-state index in [0.717, 1.165) is 25.9 Å². The Bertz CT molecular complexity index is 1030. The van der Waals surface area contributed by atoms with Crippen LogP contribution in [0, 0.1) is 13.8 Å². The molecule has 1 N–H and O–H groups in total. The van der Waals surface area contributed by atoms with Gasteiger partial charge in [-0.3, -0.25) is 4.31 Å². The standard InChI is InChI=1S/C20H26N2O5S2/c1-4-21(28(24,25)19-9-5-17(2)6-10-19)13-14-22(15-16-23)29(26,27)20-11-7-18(3)8-12-20/h4-12,23H,1,13-16H2,2-3H3. The van der Waals surface area contributed by atoms with Gasteiger partial charge in [-0.1, -0.05) is 42.0 Å². The number of rotatable bonds is 10. The zero-order chi connectivity index (χ0) is 21.7. The first-order valence-electron chi connectivity index (χ1n) is 9.01. The van der Waals surface area contributed by atoms with Gasteiger partial charge in [-0.25, -0.2) is 16.8 Å². The first-order chi connectivity index (χ1) is 13.6. The molecule has 0 radical (unpaired) electrons. The van der Waals surface area contributed by atoms with Crippen molar-refractivity contribution in [1.82, 2.24) is 8.61 Å². The van der Waals surface area contributed by atoms with Crippen LogP contribution in [0.3, 0.4) is 0 Å². The van der Waals surface area contributed by atoms with E-state index in [9.17, 15) is 21.9 Å². The van der Waals surface area contributed by atoms with Crippen molar-refractivity contribution >= 4 is 20.0 Å². The molecule has 0 unspecified atom stereocenters. The number of aliphatic hydroxyl groups excluding tert-OH is 1. The summed E-state index contributed by atoms with van der Waals surface area (Å²) < 4.78 is 53.6. The van der Waals surface area contributed by atoms with Gasteiger partial charge < -0.3 is 5.11 Å². The molecule has 0 aliphatic carbocycles. The molecule has 0 atom stereocenters. The van der Waals surface area contributed by atoms with Gasteiger partial charge in [0.15, 0.2) is 0 Å². The Hall–Kier alpha value is -2.20. The van der Waals surface area contributed by atoms with E-state index < -0.39 is 20.0 Å². The summed E-state index contributed by atoms with van der Waals surface area (Å²) in [5.41, 5.74) is 1.84. The van der Waals surface area contributed by atoms with Gasteiger partial charge in [0.1, 0.15) is 0 Å². The van der Waals surface area contributed by atoms with E-state index >= 15 is 0 Å². The lowest BCUT2D eigenvalue weighted by Crippen LogP contribution is -2.40. The summed E-state index contributed by atoms with van der Waals surface area (Å²) in [6.07, 6.45) is 1.16. The number of aliphatic hydroxyl groups is 1. The molecule has 29 heavy (non-hydrogen) atoms. The molecule has 9 heteroatoms. The predicted molar refractivity (Wildman–Crippen MR) is 112 cm³/mol.